The zero-order valence-corrected chi connectivity index (χ0v) is 14.1. The zero-order valence-electron chi connectivity index (χ0n) is 14.1. The van der Waals surface area contributed by atoms with Crippen LogP contribution in [0.15, 0.2) is 59.7 Å². The van der Waals surface area contributed by atoms with Crippen LogP contribution in [0.3, 0.4) is 0 Å². The van der Waals surface area contributed by atoms with Gasteiger partial charge in [0, 0.05) is 31.6 Å². The molecule has 0 spiro atoms. The Kier molecular flexibility index (Phi) is 5.07. The number of pyridine rings is 2. The number of carbonyl (C=O) groups is 1. The van der Waals surface area contributed by atoms with Gasteiger partial charge in [-0.1, -0.05) is 0 Å². The lowest BCUT2D eigenvalue weighted by Gasteiger charge is -2.28. The largest absolute Gasteiger partial charge is 0.329 e. The van der Waals surface area contributed by atoms with E-state index in [0.717, 1.165) is 23.1 Å². The number of nitrogens with zero attached hydrogens (tertiary/aromatic N) is 2. The fraction of sp³-hybridized carbons (Fsp3) is 0.105. The van der Waals surface area contributed by atoms with Crippen LogP contribution >= 0.6 is 0 Å². The van der Waals surface area contributed by atoms with E-state index in [1.165, 1.54) is 37.6 Å². The first-order chi connectivity index (χ1) is 12.9. The number of rotatable bonds is 4. The van der Waals surface area contributed by atoms with Crippen LogP contribution in [0.1, 0.15) is 27.7 Å². The second-order valence-electron chi connectivity index (χ2n) is 5.83. The Labute approximate surface area is 152 Å². The molecule has 2 heterocycles. The number of carbonyl (C=O) groups excluding carboxylic acids is 1. The molecule has 8 heteroatoms. The Hall–Kier alpha value is -3.42. The molecule has 0 fully saturated rings. The Bertz CT molecular complexity index is 1010. The van der Waals surface area contributed by atoms with Crippen molar-refractivity contribution >= 4 is 5.91 Å². The summed E-state index contributed by atoms with van der Waals surface area (Å²) in [6.45, 7) is 0. The smallest absolute Gasteiger partial charge is 0.255 e. The molecule has 1 amide bonds. The highest BCUT2D eigenvalue weighted by Crippen LogP contribution is 2.30. The van der Waals surface area contributed by atoms with E-state index < -0.39 is 35.0 Å². The summed E-state index contributed by atoms with van der Waals surface area (Å²) in [6, 6.07) is 6.50. The highest BCUT2D eigenvalue weighted by Gasteiger charge is 2.29. The molecule has 3 aromatic rings. The Morgan fingerprint density at radius 1 is 1.11 bits per heavy atom. The third-order valence-corrected chi connectivity index (χ3v) is 3.99. The van der Waals surface area contributed by atoms with Gasteiger partial charge in [-0.2, -0.15) is 0 Å². The molecule has 1 aromatic carbocycles. The number of hydrogen-bond acceptors (Lipinski definition) is 3. The topological polar surface area (TPSA) is 66.1 Å². The van der Waals surface area contributed by atoms with Gasteiger partial charge >= 0.3 is 0 Å². The lowest BCUT2D eigenvalue weighted by molar-refractivity contribution is 0.0749. The molecule has 0 saturated carbocycles. The molecular formula is C19H14F3N3O2. The van der Waals surface area contributed by atoms with Crippen LogP contribution in [0.5, 0.6) is 0 Å². The average Bonchev–Trinajstić information content (AvgIpc) is 2.63. The van der Waals surface area contributed by atoms with E-state index in [0.29, 0.717) is 6.07 Å². The lowest BCUT2D eigenvalue weighted by atomic mass is 10.00. The molecule has 138 valence electrons. The van der Waals surface area contributed by atoms with Crippen LogP contribution < -0.4 is 5.56 Å². The van der Waals surface area contributed by atoms with Crippen molar-refractivity contribution in [3.05, 3.63) is 99.5 Å². The second kappa shape index (κ2) is 7.45. The minimum Gasteiger partial charge on any atom is -0.329 e. The summed E-state index contributed by atoms with van der Waals surface area (Å²) < 4.78 is 41.8. The van der Waals surface area contributed by atoms with Crippen molar-refractivity contribution in [1.82, 2.24) is 14.9 Å². The number of H-pyrrole nitrogens is 1. The number of halogens is 3. The molecule has 0 unspecified atom stereocenters. The lowest BCUT2D eigenvalue weighted by Crippen LogP contribution is -2.33. The predicted molar refractivity (Wildman–Crippen MR) is 91.6 cm³/mol. The van der Waals surface area contributed by atoms with E-state index in [1.807, 2.05) is 0 Å². The summed E-state index contributed by atoms with van der Waals surface area (Å²) in [5, 5.41) is 0. The SMILES string of the molecule is CN(C(=O)c1ccc(=O)[nH]c1)[C@@H](c1cc(F)cc(F)c1)c1ncccc1F. The van der Waals surface area contributed by atoms with Gasteiger partial charge < -0.3 is 9.88 Å². The number of aromatic amines is 1. The van der Waals surface area contributed by atoms with Crippen molar-refractivity contribution in [2.45, 2.75) is 6.04 Å². The van der Waals surface area contributed by atoms with E-state index in [-0.39, 0.29) is 16.8 Å². The fourth-order valence-corrected chi connectivity index (χ4v) is 2.76. The van der Waals surface area contributed by atoms with Gasteiger partial charge in [0.05, 0.1) is 5.56 Å². The first-order valence-electron chi connectivity index (χ1n) is 7.89. The van der Waals surface area contributed by atoms with Crippen molar-refractivity contribution in [3.8, 4) is 0 Å². The maximum atomic E-state index is 14.4. The first-order valence-corrected chi connectivity index (χ1v) is 7.89. The number of benzene rings is 1. The van der Waals surface area contributed by atoms with Crippen LogP contribution in [0, 0.1) is 17.5 Å². The summed E-state index contributed by atoms with van der Waals surface area (Å²) in [6.07, 6.45) is 2.53. The first kappa shape index (κ1) is 18.4. The van der Waals surface area contributed by atoms with E-state index >= 15 is 0 Å². The molecule has 0 aliphatic rings. The third kappa shape index (κ3) is 3.89. The number of hydrogen-bond donors (Lipinski definition) is 1. The van der Waals surface area contributed by atoms with Gasteiger partial charge in [0.1, 0.15) is 29.2 Å². The quantitative estimate of drug-likeness (QED) is 0.765. The second-order valence-corrected chi connectivity index (χ2v) is 5.83. The van der Waals surface area contributed by atoms with E-state index in [1.54, 1.807) is 0 Å². The summed E-state index contributed by atoms with van der Waals surface area (Å²) in [5.74, 6) is -3.05. The van der Waals surface area contributed by atoms with Crippen molar-refractivity contribution in [3.63, 3.8) is 0 Å². The monoisotopic (exact) mass is 373 g/mol. The molecule has 0 aliphatic carbocycles. The van der Waals surface area contributed by atoms with Gasteiger partial charge in [0.25, 0.3) is 5.91 Å². The van der Waals surface area contributed by atoms with Crippen LogP contribution in [0.2, 0.25) is 0 Å². The molecule has 3 rings (SSSR count). The van der Waals surface area contributed by atoms with Crippen molar-refractivity contribution < 1.29 is 18.0 Å². The Morgan fingerprint density at radius 2 is 1.81 bits per heavy atom. The number of nitrogens with one attached hydrogen (secondary N) is 1. The van der Waals surface area contributed by atoms with Crippen LogP contribution in [-0.2, 0) is 0 Å². The Balaban J connectivity index is 2.11. The van der Waals surface area contributed by atoms with Crippen LogP contribution in [0.4, 0.5) is 13.2 Å². The third-order valence-electron chi connectivity index (χ3n) is 3.99. The zero-order chi connectivity index (χ0) is 19.6. The van der Waals surface area contributed by atoms with Crippen molar-refractivity contribution in [1.29, 1.82) is 0 Å². The standard InChI is InChI=1S/C19H14F3N3O2/c1-25(19(27)11-4-5-16(26)24-10-11)18(17-15(22)3-2-6-23-17)12-7-13(20)9-14(21)8-12/h2-10,18H,1H3,(H,24,26)/t18-/m0/s1. The van der Waals surface area contributed by atoms with Gasteiger partial charge in [-0.25, -0.2) is 13.2 Å². The molecule has 27 heavy (non-hydrogen) atoms. The number of aromatic nitrogens is 2. The number of amides is 1. The van der Waals surface area contributed by atoms with Crippen LogP contribution in [-0.4, -0.2) is 27.8 Å². The van der Waals surface area contributed by atoms with E-state index in [2.05, 4.69) is 9.97 Å². The molecule has 2 aromatic heterocycles. The average molecular weight is 373 g/mol. The molecule has 0 aliphatic heterocycles. The fourth-order valence-electron chi connectivity index (χ4n) is 2.76. The van der Waals surface area contributed by atoms with E-state index in [9.17, 15) is 22.8 Å². The molecule has 1 N–H and O–H groups in total. The van der Waals surface area contributed by atoms with Gasteiger partial charge in [0.15, 0.2) is 0 Å². The molecule has 0 saturated heterocycles. The van der Waals surface area contributed by atoms with E-state index in [4.69, 9.17) is 0 Å². The van der Waals surface area contributed by atoms with Gasteiger partial charge in [0.2, 0.25) is 5.56 Å². The maximum Gasteiger partial charge on any atom is 0.255 e. The highest BCUT2D eigenvalue weighted by molar-refractivity contribution is 5.94. The summed E-state index contributed by atoms with van der Waals surface area (Å²) in [7, 11) is 1.36. The Morgan fingerprint density at radius 3 is 2.41 bits per heavy atom. The summed E-state index contributed by atoms with van der Waals surface area (Å²) in [5.41, 5.74) is -0.419. The maximum absolute atomic E-state index is 14.4. The highest BCUT2D eigenvalue weighted by atomic mass is 19.1. The predicted octanol–water partition coefficient (Wildman–Crippen LogP) is 3.05. The van der Waals surface area contributed by atoms with Gasteiger partial charge in [-0.05, 0) is 35.9 Å². The normalized spacial score (nSPS) is 11.9. The minimum absolute atomic E-state index is 0.0189. The van der Waals surface area contributed by atoms with Gasteiger partial charge in [-0.15, -0.1) is 0 Å². The molecule has 5 nitrogen and oxygen atoms in total. The minimum atomic E-state index is -1.18. The van der Waals surface area contributed by atoms with Crippen molar-refractivity contribution in [2.24, 2.45) is 0 Å². The molecule has 1 atom stereocenters. The molecule has 0 bridgehead atoms. The molecular weight excluding hydrogens is 359 g/mol. The molecule has 0 radical (unpaired) electrons. The van der Waals surface area contributed by atoms with Crippen LogP contribution in [0.25, 0.3) is 0 Å². The van der Waals surface area contributed by atoms with Crippen molar-refractivity contribution in [2.75, 3.05) is 7.05 Å². The van der Waals surface area contributed by atoms with Gasteiger partial charge in [-0.3, -0.25) is 14.6 Å². The summed E-state index contributed by atoms with van der Waals surface area (Å²) >= 11 is 0. The summed E-state index contributed by atoms with van der Waals surface area (Å²) in [4.78, 5) is 31.4.